The second kappa shape index (κ2) is 4.90. The molecule has 1 aromatic carbocycles. The standard InChI is InChI=1S/C13H12ClFO2/c1-8(16)6-10-3-5-13(17-10)11-7-9(14)2-4-12(11)15/h2-5,7-8,16H,6H2,1H3. The van der Waals surface area contributed by atoms with Crippen LogP contribution >= 0.6 is 11.6 Å². The average molecular weight is 255 g/mol. The maximum absolute atomic E-state index is 13.6. The van der Waals surface area contributed by atoms with Crippen LogP contribution in [0.15, 0.2) is 34.7 Å². The van der Waals surface area contributed by atoms with Crippen molar-refractivity contribution in [1.82, 2.24) is 0 Å². The number of hydrogen-bond donors (Lipinski definition) is 1. The molecular weight excluding hydrogens is 243 g/mol. The molecule has 0 saturated carbocycles. The van der Waals surface area contributed by atoms with Crippen LogP contribution in [-0.2, 0) is 6.42 Å². The third-order valence-corrected chi connectivity index (χ3v) is 2.59. The van der Waals surface area contributed by atoms with Gasteiger partial charge in [0.15, 0.2) is 0 Å². The van der Waals surface area contributed by atoms with Crippen LogP contribution in [-0.4, -0.2) is 11.2 Å². The number of aliphatic hydroxyl groups excluding tert-OH is 1. The lowest BCUT2D eigenvalue weighted by Gasteiger charge is -2.02. The van der Waals surface area contributed by atoms with Crippen LogP contribution in [0.3, 0.4) is 0 Å². The molecule has 17 heavy (non-hydrogen) atoms. The molecule has 0 aliphatic heterocycles. The van der Waals surface area contributed by atoms with Crippen molar-refractivity contribution in [1.29, 1.82) is 0 Å². The molecule has 1 atom stereocenters. The molecule has 1 N–H and O–H groups in total. The molecule has 0 saturated heterocycles. The first kappa shape index (κ1) is 12.1. The van der Waals surface area contributed by atoms with E-state index in [1.54, 1.807) is 19.1 Å². The van der Waals surface area contributed by atoms with E-state index in [0.717, 1.165) is 0 Å². The maximum atomic E-state index is 13.6. The molecule has 0 amide bonds. The van der Waals surface area contributed by atoms with Crippen molar-refractivity contribution >= 4 is 11.6 Å². The summed E-state index contributed by atoms with van der Waals surface area (Å²) in [5.74, 6) is 0.655. The second-order valence-electron chi connectivity index (χ2n) is 3.94. The summed E-state index contributed by atoms with van der Waals surface area (Å²) >= 11 is 5.81. The zero-order chi connectivity index (χ0) is 12.4. The van der Waals surface area contributed by atoms with Gasteiger partial charge in [0.05, 0.1) is 11.7 Å². The van der Waals surface area contributed by atoms with Crippen molar-refractivity contribution in [3.8, 4) is 11.3 Å². The van der Waals surface area contributed by atoms with Crippen LogP contribution in [0.1, 0.15) is 12.7 Å². The maximum Gasteiger partial charge on any atom is 0.137 e. The molecule has 2 rings (SSSR count). The summed E-state index contributed by atoms with van der Waals surface area (Å²) in [6.07, 6.45) is -0.0828. The first-order chi connectivity index (χ1) is 8.06. The van der Waals surface area contributed by atoms with Crippen LogP contribution in [0.2, 0.25) is 5.02 Å². The zero-order valence-electron chi connectivity index (χ0n) is 9.28. The Balaban J connectivity index is 2.33. The highest BCUT2D eigenvalue weighted by molar-refractivity contribution is 6.30. The number of rotatable bonds is 3. The quantitative estimate of drug-likeness (QED) is 0.907. The van der Waals surface area contributed by atoms with Crippen LogP contribution in [0.4, 0.5) is 4.39 Å². The van der Waals surface area contributed by atoms with E-state index in [1.165, 1.54) is 18.2 Å². The third kappa shape index (κ3) is 2.87. The van der Waals surface area contributed by atoms with Gasteiger partial charge >= 0.3 is 0 Å². The Morgan fingerprint density at radius 2 is 2.12 bits per heavy atom. The van der Waals surface area contributed by atoms with Gasteiger partial charge in [-0.1, -0.05) is 11.6 Å². The SMILES string of the molecule is CC(O)Cc1ccc(-c2cc(Cl)ccc2F)o1. The van der Waals surface area contributed by atoms with E-state index in [9.17, 15) is 9.50 Å². The van der Waals surface area contributed by atoms with Gasteiger partial charge < -0.3 is 9.52 Å². The average Bonchev–Trinajstić information content (AvgIpc) is 2.69. The van der Waals surface area contributed by atoms with Gasteiger partial charge in [0.2, 0.25) is 0 Å². The lowest BCUT2D eigenvalue weighted by molar-refractivity contribution is 0.187. The van der Waals surface area contributed by atoms with Crippen molar-refractivity contribution in [2.45, 2.75) is 19.4 Å². The molecule has 90 valence electrons. The number of benzene rings is 1. The minimum atomic E-state index is -0.488. The van der Waals surface area contributed by atoms with Crippen LogP contribution in [0, 0.1) is 5.82 Å². The number of halogens is 2. The van der Waals surface area contributed by atoms with Crippen molar-refractivity contribution in [3.05, 3.63) is 46.9 Å². The third-order valence-electron chi connectivity index (χ3n) is 2.35. The summed E-state index contributed by atoms with van der Waals surface area (Å²) in [7, 11) is 0. The van der Waals surface area contributed by atoms with E-state index < -0.39 is 6.10 Å². The first-order valence-corrected chi connectivity index (χ1v) is 5.66. The van der Waals surface area contributed by atoms with Gasteiger partial charge in [0, 0.05) is 11.4 Å². The normalized spacial score (nSPS) is 12.7. The molecule has 0 radical (unpaired) electrons. The van der Waals surface area contributed by atoms with Gasteiger partial charge in [-0.3, -0.25) is 0 Å². The van der Waals surface area contributed by atoms with Crippen LogP contribution < -0.4 is 0 Å². The second-order valence-corrected chi connectivity index (χ2v) is 4.38. The molecular formula is C13H12ClFO2. The highest BCUT2D eigenvalue weighted by atomic mass is 35.5. The Labute approximate surface area is 104 Å². The van der Waals surface area contributed by atoms with E-state index in [2.05, 4.69) is 0 Å². The zero-order valence-corrected chi connectivity index (χ0v) is 10.0. The predicted octanol–water partition coefficient (Wildman–Crippen LogP) is 3.66. The first-order valence-electron chi connectivity index (χ1n) is 5.28. The van der Waals surface area contributed by atoms with Gasteiger partial charge in [-0.2, -0.15) is 0 Å². The lowest BCUT2D eigenvalue weighted by atomic mass is 10.1. The molecule has 4 heteroatoms. The van der Waals surface area contributed by atoms with Crippen molar-refractivity contribution in [3.63, 3.8) is 0 Å². The fourth-order valence-corrected chi connectivity index (χ4v) is 1.78. The summed E-state index contributed by atoms with van der Waals surface area (Å²) in [6, 6.07) is 7.70. The fourth-order valence-electron chi connectivity index (χ4n) is 1.61. The lowest BCUT2D eigenvalue weighted by Crippen LogP contribution is -2.02. The van der Waals surface area contributed by atoms with Crippen molar-refractivity contribution < 1.29 is 13.9 Å². The van der Waals surface area contributed by atoms with Crippen LogP contribution in [0.5, 0.6) is 0 Å². The van der Waals surface area contributed by atoms with Gasteiger partial charge in [0.1, 0.15) is 17.3 Å². The summed E-state index contributed by atoms with van der Waals surface area (Å²) < 4.78 is 19.0. The summed E-state index contributed by atoms with van der Waals surface area (Å²) in [6.45, 7) is 1.67. The molecule has 0 bridgehead atoms. The minimum Gasteiger partial charge on any atom is -0.461 e. The Morgan fingerprint density at radius 3 is 2.82 bits per heavy atom. The highest BCUT2D eigenvalue weighted by Crippen LogP contribution is 2.28. The van der Waals surface area contributed by atoms with Gasteiger partial charge in [0.25, 0.3) is 0 Å². The Morgan fingerprint density at radius 1 is 1.35 bits per heavy atom. The molecule has 0 spiro atoms. The van der Waals surface area contributed by atoms with Gasteiger partial charge in [-0.15, -0.1) is 0 Å². The molecule has 1 unspecified atom stereocenters. The summed E-state index contributed by atoms with van der Waals surface area (Å²) in [5.41, 5.74) is 0.328. The Kier molecular flexibility index (Phi) is 3.50. The monoisotopic (exact) mass is 254 g/mol. The molecule has 1 aromatic heterocycles. The van der Waals surface area contributed by atoms with E-state index in [-0.39, 0.29) is 5.82 Å². The molecule has 0 aliphatic carbocycles. The van der Waals surface area contributed by atoms with Crippen molar-refractivity contribution in [2.75, 3.05) is 0 Å². The number of hydrogen-bond acceptors (Lipinski definition) is 2. The molecule has 0 aliphatic rings. The summed E-state index contributed by atoms with van der Waals surface area (Å²) in [4.78, 5) is 0. The van der Waals surface area contributed by atoms with E-state index in [1.807, 2.05) is 0 Å². The Bertz CT molecular complexity index is 520. The van der Waals surface area contributed by atoms with Gasteiger partial charge in [-0.05, 0) is 37.3 Å². The summed E-state index contributed by atoms with van der Waals surface area (Å²) in [5, 5.41) is 9.68. The van der Waals surface area contributed by atoms with Gasteiger partial charge in [-0.25, -0.2) is 4.39 Å². The number of furan rings is 1. The van der Waals surface area contributed by atoms with E-state index in [0.29, 0.717) is 28.5 Å². The Hall–Kier alpha value is -1.32. The predicted molar refractivity (Wildman–Crippen MR) is 64.5 cm³/mol. The van der Waals surface area contributed by atoms with E-state index in [4.69, 9.17) is 16.0 Å². The minimum absolute atomic E-state index is 0.328. The smallest absolute Gasteiger partial charge is 0.137 e. The molecule has 0 fully saturated rings. The highest BCUT2D eigenvalue weighted by Gasteiger charge is 2.11. The fraction of sp³-hybridized carbons (Fsp3) is 0.231. The number of aliphatic hydroxyl groups is 1. The molecule has 2 aromatic rings. The molecule has 1 heterocycles. The van der Waals surface area contributed by atoms with E-state index >= 15 is 0 Å². The largest absolute Gasteiger partial charge is 0.461 e. The topological polar surface area (TPSA) is 33.4 Å². The van der Waals surface area contributed by atoms with Crippen molar-refractivity contribution in [2.24, 2.45) is 0 Å². The van der Waals surface area contributed by atoms with Crippen LogP contribution in [0.25, 0.3) is 11.3 Å². The molecule has 2 nitrogen and oxygen atoms in total.